The first-order chi connectivity index (χ1) is 30.5. The highest BCUT2D eigenvalue weighted by Crippen LogP contribution is 2.53. The van der Waals surface area contributed by atoms with Crippen LogP contribution in [0.15, 0.2) is 237 Å². The van der Waals surface area contributed by atoms with Gasteiger partial charge in [0.25, 0.3) is 0 Å². The van der Waals surface area contributed by atoms with Gasteiger partial charge in [0.1, 0.15) is 0 Å². The highest BCUT2D eigenvalue weighted by molar-refractivity contribution is 6.02. The fourth-order valence-electron chi connectivity index (χ4n) is 9.92. The van der Waals surface area contributed by atoms with Crippen molar-refractivity contribution in [2.24, 2.45) is 0 Å². The van der Waals surface area contributed by atoms with Crippen molar-refractivity contribution in [2.75, 3.05) is 4.90 Å². The first kappa shape index (κ1) is 37.3. The molecule has 0 spiro atoms. The van der Waals surface area contributed by atoms with E-state index in [0.29, 0.717) is 0 Å². The van der Waals surface area contributed by atoms with Gasteiger partial charge in [0.05, 0.1) is 5.69 Å². The topological polar surface area (TPSA) is 3.24 Å². The lowest BCUT2D eigenvalue weighted by molar-refractivity contribution is 0.660. The molecule has 10 aromatic rings. The van der Waals surface area contributed by atoms with Crippen molar-refractivity contribution in [3.8, 4) is 66.8 Å². The van der Waals surface area contributed by atoms with Crippen LogP contribution in [0.5, 0.6) is 0 Å². The number of hydrogen-bond donors (Lipinski definition) is 0. The average Bonchev–Trinajstić information content (AvgIpc) is 3.58. The van der Waals surface area contributed by atoms with Crippen LogP contribution in [0.25, 0.3) is 77.5 Å². The van der Waals surface area contributed by atoms with Gasteiger partial charge in [0.2, 0.25) is 0 Å². The molecule has 0 saturated carbocycles. The molecule has 1 aliphatic carbocycles. The zero-order chi connectivity index (χ0) is 41.6. The molecule has 0 heterocycles. The Bertz CT molecular complexity index is 3230. The minimum absolute atomic E-state index is 0.0624. The Labute approximate surface area is 364 Å². The van der Waals surface area contributed by atoms with Crippen LogP contribution < -0.4 is 4.90 Å². The Kier molecular flexibility index (Phi) is 9.24. The van der Waals surface area contributed by atoms with Crippen LogP contribution in [0.3, 0.4) is 0 Å². The molecule has 0 aliphatic heterocycles. The third kappa shape index (κ3) is 6.33. The van der Waals surface area contributed by atoms with E-state index in [4.69, 9.17) is 0 Å². The van der Waals surface area contributed by atoms with E-state index in [1.54, 1.807) is 0 Å². The van der Waals surface area contributed by atoms with Crippen molar-refractivity contribution in [1.29, 1.82) is 0 Å². The van der Waals surface area contributed by atoms with Crippen LogP contribution in [-0.2, 0) is 5.41 Å². The number of rotatable bonds is 8. The quantitative estimate of drug-likeness (QED) is 0.148. The number of anilines is 3. The van der Waals surface area contributed by atoms with Gasteiger partial charge in [-0.3, -0.25) is 0 Å². The van der Waals surface area contributed by atoms with E-state index in [2.05, 4.69) is 255 Å². The lowest BCUT2D eigenvalue weighted by atomic mass is 9.82. The van der Waals surface area contributed by atoms with Crippen molar-refractivity contribution >= 4 is 27.8 Å². The van der Waals surface area contributed by atoms with Crippen LogP contribution in [0.2, 0.25) is 0 Å². The van der Waals surface area contributed by atoms with E-state index in [1.165, 1.54) is 88.7 Å². The van der Waals surface area contributed by atoms with E-state index in [-0.39, 0.29) is 5.41 Å². The summed E-state index contributed by atoms with van der Waals surface area (Å²) in [5.74, 6) is 0. The zero-order valence-electron chi connectivity index (χ0n) is 35.0. The van der Waals surface area contributed by atoms with E-state index < -0.39 is 0 Å². The fourth-order valence-corrected chi connectivity index (χ4v) is 9.92. The Hall–Kier alpha value is -7.74. The molecule has 0 unspecified atom stereocenters. The second-order valence-corrected chi connectivity index (χ2v) is 16.8. The van der Waals surface area contributed by atoms with Gasteiger partial charge in [0.15, 0.2) is 0 Å². The van der Waals surface area contributed by atoms with Crippen molar-refractivity contribution < 1.29 is 0 Å². The Morgan fingerprint density at radius 2 is 0.726 bits per heavy atom. The van der Waals surface area contributed by atoms with E-state index >= 15 is 0 Å². The van der Waals surface area contributed by atoms with Gasteiger partial charge in [0, 0.05) is 22.4 Å². The second kappa shape index (κ2) is 15.4. The van der Waals surface area contributed by atoms with Crippen LogP contribution in [0.1, 0.15) is 25.0 Å². The normalized spacial score (nSPS) is 12.5. The maximum absolute atomic E-state index is 2.45. The molecule has 1 heteroatoms. The lowest BCUT2D eigenvalue weighted by Crippen LogP contribution is -2.14. The summed E-state index contributed by atoms with van der Waals surface area (Å²) in [6.45, 7) is 4.70. The summed E-state index contributed by atoms with van der Waals surface area (Å²) in [5.41, 5.74) is 20.7. The molecular formula is C61H45N. The van der Waals surface area contributed by atoms with E-state index in [9.17, 15) is 0 Å². The van der Waals surface area contributed by atoms with E-state index in [0.717, 1.165) is 17.1 Å². The highest BCUT2D eigenvalue weighted by atomic mass is 15.1. The second-order valence-electron chi connectivity index (χ2n) is 16.8. The number of benzene rings is 10. The molecule has 0 saturated heterocycles. The van der Waals surface area contributed by atoms with Gasteiger partial charge in [-0.25, -0.2) is 0 Å². The maximum atomic E-state index is 2.45. The summed E-state index contributed by atoms with van der Waals surface area (Å²) in [5, 5.41) is 2.50. The van der Waals surface area contributed by atoms with Crippen molar-refractivity contribution in [1.82, 2.24) is 0 Å². The monoisotopic (exact) mass is 791 g/mol. The average molecular weight is 792 g/mol. The fraction of sp³-hybridized carbons (Fsp3) is 0.0492. The molecule has 1 aliphatic rings. The molecule has 0 atom stereocenters. The van der Waals surface area contributed by atoms with Crippen molar-refractivity contribution in [3.05, 3.63) is 248 Å². The third-order valence-corrected chi connectivity index (χ3v) is 12.9. The minimum atomic E-state index is -0.0624. The standard InChI is InChI=1S/C61H45N/c1-61(2)56-31-14-13-27-55(56)59-52(29-16-32-57(59)61)46-36-40-48(41-37-46)62(47-38-34-45(35-39-47)50-28-15-23-43-22-9-10-24-49(43)50)58-33-17-30-53(44-20-7-4-8-21-44)60(58)54-26-12-11-25-51(54)42-18-5-3-6-19-42/h3-41H,1-2H3. The minimum Gasteiger partial charge on any atom is -0.310 e. The Morgan fingerprint density at radius 3 is 1.42 bits per heavy atom. The first-order valence-corrected chi connectivity index (χ1v) is 21.6. The molecule has 0 fully saturated rings. The third-order valence-electron chi connectivity index (χ3n) is 12.9. The number of fused-ring (bicyclic) bond motifs is 4. The Balaban J connectivity index is 1.12. The summed E-state index contributed by atoms with van der Waals surface area (Å²) in [6, 6.07) is 86.6. The van der Waals surface area contributed by atoms with Crippen LogP contribution in [-0.4, -0.2) is 0 Å². The molecule has 0 aromatic heterocycles. The molecule has 62 heavy (non-hydrogen) atoms. The molecule has 0 N–H and O–H groups in total. The summed E-state index contributed by atoms with van der Waals surface area (Å²) in [4.78, 5) is 2.45. The molecule has 11 rings (SSSR count). The van der Waals surface area contributed by atoms with Gasteiger partial charge < -0.3 is 4.90 Å². The van der Waals surface area contributed by atoms with Crippen LogP contribution in [0, 0.1) is 0 Å². The molecule has 0 bridgehead atoms. The van der Waals surface area contributed by atoms with Crippen LogP contribution in [0.4, 0.5) is 17.1 Å². The molecule has 294 valence electrons. The number of hydrogen-bond acceptors (Lipinski definition) is 1. The van der Waals surface area contributed by atoms with Gasteiger partial charge in [-0.15, -0.1) is 0 Å². The molecule has 10 aromatic carbocycles. The highest BCUT2D eigenvalue weighted by Gasteiger charge is 2.36. The first-order valence-electron chi connectivity index (χ1n) is 21.6. The van der Waals surface area contributed by atoms with Crippen LogP contribution >= 0.6 is 0 Å². The van der Waals surface area contributed by atoms with Gasteiger partial charge >= 0.3 is 0 Å². The smallest absolute Gasteiger partial charge is 0.0546 e. The molecular weight excluding hydrogens is 747 g/mol. The SMILES string of the molecule is CC1(C)c2ccccc2-c2c(-c3ccc(N(c4ccc(-c5cccc6ccccc56)cc4)c4cccc(-c5ccccc5)c4-c4ccccc4-c4ccccc4)cc3)cccc21. The zero-order valence-corrected chi connectivity index (χ0v) is 35.0. The maximum Gasteiger partial charge on any atom is 0.0546 e. The van der Waals surface area contributed by atoms with Gasteiger partial charge in [-0.05, 0) is 113 Å². The molecule has 0 amide bonds. The van der Waals surface area contributed by atoms with E-state index in [1.807, 2.05) is 0 Å². The predicted molar refractivity (Wildman–Crippen MR) is 263 cm³/mol. The van der Waals surface area contributed by atoms with Crippen molar-refractivity contribution in [2.45, 2.75) is 19.3 Å². The Morgan fingerprint density at radius 1 is 0.290 bits per heavy atom. The van der Waals surface area contributed by atoms with Gasteiger partial charge in [-0.1, -0.05) is 220 Å². The molecule has 1 nitrogen and oxygen atoms in total. The summed E-state index contributed by atoms with van der Waals surface area (Å²) < 4.78 is 0. The molecule has 0 radical (unpaired) electrons. The summed E-state index contributed by atoms with van der Waals surface area (Å²) in [7, 11) is 0. The summed E-state index contributed by atoms with van der Waals surface area (Å²) in [6.07, 6.45) is 0. The largest absolute Gasteiger partial charge is 0.310 e. The summed E-state index contributed by atoms with van der Waals surface area (Å²) >= 11 is 0. The predicted octanol–water partition coefficient (Wildman–Crippen LogP) is 17.0. The lowest BCUT2D eigenvalue weighted by Gasteiger charge is -2.30. The van der Waals surface area contributed by atoms with Gasteiger partial charge in [-0.2, -0.15) is 0 Å². The number of nitrogens with zero attached hydrogens (tertiary/aromatic N) is 1. The van der Waals surface area contributed by atoms with Crippen molar-refractivity contribution in [3.63, 3.8) is 0 Å².